The zero-order valence-corrected chi connectivity index (χ0v) is 20.9. The van der Waals surface area contributed by atoms with E-state index in [1.54, 1.807) is 30.3 Å². The average Bonchev–Trinajstić information content (AvgIpc) is 3.74. The van der Waals surface area contributed by atoms with E-state index < -0.39 is 41.6 Å². The van der Waals surface area contributed by atoms with Gasteiger partial charge in [-0.2, -0.15) is 0 Å². The molecule has 1 aliphatic heterocycles. The molecule has 3 aromatic carbocycles. The van der Waals surface area contributed by atoms with Gasteiger partial charge in [-0.3, -0.25) is 9.59 Å². The zero-order valence-electron chi connectivity index (χ0n) is 20.9. The van der Waals surface area contributed by atoms with Crippen molar-refractivity contribution < 1.29 is 33.0 Å². The Morgan fingerprint density at radius 2 is 1.72 bits per heavy atom. The molecule has 2 aliphatic rings. The molecule has 4 amide bonds. The van der Waals surface area contributed by atoms with Crippen molar-refractivity contribution >= 4 is 23.5 Å². The number of imide groups is 1. The van der Waals surface area contributed by atoms with Crippen molar-refractivity contribution in [2.24, 2.45) is 0 Å². The number of nitrogens with zero attached hydrogens (tertiary/aromatic N) is 1. The number of hydrogen-bond donors (Lipinski definition) is 3. The number of rotatable bonds is 10. The molecule has 1 heterocycles. The number of hydrogen-bond acceptors (Lipinski definition) is 5. The summed E-state index contributed by atoms with van der Waals surface area (Å²) in [4.78, 5) is 40.8. The van der Waals surface area contributed by atoms with E-state index in [1.165, 1.54) is 36.4 Å². The van der Waals surface area contributed by atoms with Crippen LogP contribution >= 0.6 is 0 Å². The first-order chi connectivity index (χ1) is 18.8. The minimum atomic E-state index is -1.33. The van der Waals surface area contributed by atoms with Gasteiger partial charge in [0.25, 0.3) is 5.91 Å². The van der Waals surface area contributed by atoms with Gasteiger partial charge in [-0.25, -0.2) is 18.5 Å². The van der Waals surface area contributed by atoms with E-state index in [0.717, 1.165) is 23.3 Å². The van der Waals surface area contributed by atoms with E-state index in [4.69, 9.17) is 9.84 Å². The standard InChI is InChI=1S/C29H27F2N3O5/c30-21-8-1-17(2-9-21)15-25(27(36)32-24-12-7-20(16-23(24)31)18-3-4-18)34-28(37)26(33-29(34)38)19-5-10-22(11-6-19)39-14-13-35/h1-2,5-12,16,18,25-26,35H,3-4,13-15H2,(H,32,36)(H,33,38). The van der Waals surface area contributed by atoms with Gasteiger partial charge in [0.1, 0.15) is 36.1 Å². The molecule has 0 spiro atoms. The van der Waals surface area contributed by atoms with Crippen molar-refractivity contribution in [1.82, 2.24) is 10.2 Å². The highest BCUT2D eigenvalue weighted by atomic mass is 19.1. The lowest BCUT2D eigenvalue weighted by Gasteiger charge is -2.25. The summed E-state index contributed by atoms with van der Waals surface area (Å²) >= 11 is 0. The van der Waals surface area contributed by atoms with Gasteiger partial charge >= 0.3 is 6.03 Å². The maximum Gasteiger partial charge on any atom is 0.325 e. The zero-order chi connectivity index (χ0) is 27.5. The molecule has 1 saturated carbocycles. The predicted molar refractivity (Wildman–Crippen MR) is 138 cm³/mol. The molecule has 5 rings (SSSR count). The van der Waals surface area contributed by atoms with Gasteiger partial charge in [0.2, 0.25) is 5.91 Å². The van der Waals surface area contributed by atoms with E-state index in [0.29, 0.717) is 22.8 Å². The number of aliphatic hydroxyl groups is 1. The Morgan fingerprint density at radius 3 is 2.36 bits per heavy atom. The second kappa shape index (κ2) is 11.2. The molecule has 0 radical (unpaired) electrons. The Bertz CT molecular complexity index is 1380. The van der Waals surface area contributed by atoms with Crippen LogP contribution in [0.5, 0.6) is 5.75 Å². The van der Waals surface area contributed by atoms with Crippen LogP contribution in [0.25, 0.3) is 0 Å². The van der Waals surface area contributed by atoms with Crippen LogP contribution in [-0.4, -0.2) is 47.1 Å². The van der Waals surface area contributed by atoms with Crippen LogP contribution in [0, 0.1) is 11.6 Å². The Hall–Kier alpha value is -4.31. The monoisotopic (exact) mass is 535 g/mol. The molecular weight excluding hydrogens is 508 g/mol. The summed E-state index contributed by atoms with van der Waals surface area (Å²) in [6.07, 6.45) is 1.89. The van der Waals surface area contributed by atoms with Crippen LogP contribution in [-0.2, 0) is 16.0 Å². The van der Waals surface area contributed by atoms with Gasteiger partial charge in [0, 0.05) is 6.42 Å². The number of halogens is 2. The van der Waals surface area contributed by atoms with E-state index in [9.17, 15) is 23.2 Å². The molecule has 3 N–H and O–H groups in total. The summed E-state index contributed by atoms with van der Waals surface area (Å²) < 4.78 is 33.6. The van der Waals surface area contributed by atoms with Crippen LogP contribution in [0.1, 0.15) is 41.5 Å². The average molecular weight is 536 g/mol. The van der Waals surface area contributed by atoms with Gasteiger partial charge in [-0.15, -0.1) is 0 Å². The number of benzene rings is 3. The fraction of sp³-hybridized carbons (Fsp3) is 0.276. The minimum absolute atomic E-state index is 0.0596. The van der Waals surface area contributed by atoms with Crippen LogP contribution in [0.2, 0.25) is 0 Å². The molecule has 39 heavy (non-hydrogen) atoms. The van der Waals surface area contributed by atoms with Crippen molar-refractivity contribution in [2.45, 2.75) is 37.3 Å². The third kappa shape index (κ3) is 5.91. The highest BCUT2D eigenvalue weighted by Gasteiger charge is 2.45. The molecule has 2 unspecified atom stereocenters. The molecule has 0 bridgehead atoms. The quantitative estimate of drug-likeness (QED) is 0.340. The first-order valence-corrected chi connectivity index (χ1v) is 12.7. The molecule has 8 nitrogen and oxygen atoms in total. The third-order valence-corrected chi connectivity index (χ3v) is 6.80. The molecule has 0 aromatic heterocycles. The second-order valence-corrected chi connectivity index (χ2v) is 9.58. The van der Waals surface area contributed by atoms with Crippen molar-refractivity contribution in [3.05, 3.63) is 95.1 Å². The topological polar surface area (TPSA) is 108 Å². The van der Waals surface area contributed by atoms with Gasteiger partial charge in [-0.05, 0) is 71.8 Å². The SMILES string of the molecule is O=C(Nc1ccc(C2CC2)cc1F)C(Cc1ccc(F)cc1)N1C(=O)NC(c2ccc(OCCO)cc2)C1=O. The number of aliphatic hydroxyl groups excluding tert-OH is 1. The van der Waals surface area contributed by atoms with Crippen molar-refractivity contribution in [3.8, 4) is 5.75 Å². The minimum Gasteiger partial charge on any atom is -0.491 e. The highest BCUT2D eigenvalue weighted by molar-refractivity contribution is 6.09. The third-order valence-electron chi connectivity index (χ3n) is 6.80. The molecular formula is C29H27F2N3O5. The Labute approximate surface area is 223 Å². The number of ether oxygens (including phenoxy) is 1. The molecule has 1 aliphatic carbocycles. The molecule has 202 valence electrons. The number of nitrogens with one attached hydrogen (secondary N) is 2. The van der Waals surface area contributed by atoms with E-state index in [1.807, 2.05) is 0 Å². The van der Waals surface area contributed by atoms with Gasteiger partial charge in [-0.1, -0.05) is 30.3 Å². The van der Waals surface area contributed by atoms with Crippen LogP contribution < -0.4 is 15.4 Å². The first-order valence-electron chi connectivity index (χ1n) is 12.7. The van der Waals surface area contributed by atoms with Gasteiger partial charge < -0.3 is 20.5 Å². The fourth-order valence-corrected chi connectivity index (χ4v) is 4.60. The number of urea groups is 1. The number of amides is 4. The summed E-state index contributed by atoms with van der Waals surface area (Å²) in [5, 5.41) is 14.1. The molecule has 10 heteroatoms. The summed E-state index contributed by atoms with van der Waals surface area (Å²) in [6.45, 7) is -0.0454. The van der Waals surface area contributed by atoms with Crippen LogP contribution in [0.15, 0.2) is 66.7 Å². The highest BCUT2D eigenvalue weighted by Crippen LogP contribution is 2.40. The maximum absolute atomic E-state index is 14.8. The fourth-order valence-electron chi connectivity index (χ4n) is 4.60. The van der Waals surface area contributed by atoms with E-state index in [-0.39, 0.29) is 25.3 Å². The smallest absolute Gasteiger partial charge is 0.325 e. The van der Waals surface area contributed by atoms with Gasteiger partial charge in [0.05, 0.1) is 12.3 Å². The number of carbonyl (C=O) groups is 3. The normalized spacial score (nSPS) is 17.6. The lowest BCUT2D eigenvalue weighted by molar-refractivity contribution is -0.134. The van der Waals surface area contributed by atoms with Crippen LogP contribution in [0.4, 0.5) is 19.3 Å². The van der Waals surface area contributed by atoms with E-state index >= 15 is 0 Å². The van der Waals surface area contributed by atoms with Crippen molar-refractivity contribution in [3.63, 3.8) is 0 Å². The summed E-state index contributed by atoms with van der Waals surface area (Å²) in [7, 11) is 0. The van der Waals surface area contributed by atoms with Crippen molar-refractivity contribution in [1.29, 1.82) is 0 Å². The summed E-state index contributed by atoms with van der Waals surface area (Å²) in [6, 6.07) is 13.2. The molecule has 2 atom stereocenters. The van der Waals surface area contributed by atoms with Crippen LogP contribution in [0.3, 0.4) is 0 Å². The predicted octanol–water partition coefficient (Wildman–Crippen LogP) is 4.06. The molecule has 1 saturated heterocycles. The second-order valence-electron chi connectivity index (χ2n) is 9.58. The Balaban J connectivity index is 1.39. The first kappa shape index (κ1) is 26.3. The summed E-state index contributed by atoms with van der Waals surface area (Å²) in [5.41, 5.74) is 1.78. The van der Waals surface area contributed by atoms with Crippen molar-refractivity contribution in [2.75, 3.05) is 18.5 Å². The lowest BCUT2D eigenvalue weighted by atomic mass is 10.0. The van der Waals surface area contributed by atoms with E-state index in [2.05, 4.69) is 10.6 Å². The largest absolute Gasteiger partial charge is 0.491 e. The number of carbonyl (C=O) groups excluding carboxylic acids is 3. The molecule has 3 aromatic rings. The molecule has 2 fully saturated rings. The van der Waals surface area contributed by atoms with Gasteiger partial charge in [0.15, 0.2) is 0 Å². The Morgan fingerprint density at radius 1 is 1.03 bits per heavy atom. The lowest BCUT2D eigenvalue weighted by Crippen LogP contribution is -2.49. The number of anilines is 1. The Kier molecular flexibility index (Phi) is 7.56. The maximum atomic E-state index is 14.8. The summed E-state index contributed by atoms with van der Waals surface area (Å²) in [5.74, 6) is -1.69.